The summed E-state index contributed by atoms with van der Waals surface area (Å²) in [7, 11) is 2.32. The molecule has 0 fully saturated rings. The molecule has 2 nitrogen and oxygen atoms in total. The number of hydrogen-bond acceptors (Lipinski definition) is 2. The SMILES string of the molecule is Cc1cc(C)c(B2C(c3c(C)cc(C)cc3C)N(B(c3c(C)cc(C)cc3C)c3c(C)cc(C)cc3C)c3ccccc3N2C)c(C)c1. The molecule has 0 saturated heterocycles. The summed E-state index contributed by atoms with van der Waals surface area (Å²) >= 11 is 0. The highest BCUT2D eigenvalue weighted by Gasteiger charge is 2.50. The largest absolute Gasteiger partial charge is 0.410 e. The average molecular weight is 631 g/mol. The highest BCUT2D eigenvalue weighted by molar-refractivity contribution is 6.92. The molecule has 0 radical (unpaired) electrons. The molecule has 1 aliphatic rings. The third kappa shape index (κ3) is 5.68. The Morgan fingerprint density at radius 2 is 0.833 bits per heavy atom. The van der Waals surface area contributed by atoms with Crippen LogP contribution in [0, 0.1) is 83.1 Å². The Bertz CT molecular complexity index is 1910. The molecular weight excluding hydrogens is 578 g/mol. The molecule has 0 aliphatic carbocycles. The fourth-order valence-electron chi connectivity index (χ4n) is 9.58. The molecule has 1 heterocycles. The lowest BCUT2D eigenvalue weighted by atomic mass is 9.37. The summed E-state index contributed by atoms with van der Waals surface area (Å²) in [6.07, 6.45) is 0. The third-order valence-corrected chi connectivity index (χ3v) is 10.9. The lowest BCUT2D eigenvalue weighted by Gasteiger charge is -2.52. The number of hydrogen-bond donors (Lipinski definition) is 0. The van der Waals surface area contributed by atoms with Gasteiger partial charge in [-0.2, -0.15) is 0 Å². The van der Waals surface area contributed by atoms with E-state index < -0.39 is 0 Å². The molecule has 0 N–H and O–H groups in total. The zero-order chi connectivity index (χ0) is 34.8. The standard InChI is InChI=1S/C44H52B2N2/c1-26-18-30(5)40(31(6)19-26)44-46(43-36(11)24-29(4)25-37(43)12)47(13)38-16-14-15-17-39(38)48(44)45(41-32(7)20-27(2)21-33(41)8)42-34(9)22-28(3)23-35(42)10/h14-25,44H,1-13H3. The number of benzene rings is 5. The van der Waals surface area contributed by atoms with E-state index in [0.29, 0.717) is 0 Å². The molecule has 1 atom stereocenters. The summed E-state index contributed by atoms with van der Waals surface area (Å²) in [6.45, 7) is 27.6. The minimum atomic E-state index is -0.000265. The van der Waals surface area contributed by atoms with Gasteiger partial charge in [-0.3, -0.25) is 0 Å². The van der Waals surface area contributed by atoms with Crippen molar-refractivity contribution in [1.82, 2.24) is 0 Å². The van der Waals surface area contributed by atoms with Gasteiger partial charge in [0, 0.05) is 17.3 Å². The van der Waals surface area contributed by atoms with Gasteiger partial charge in [-0.05, 0) is 135 Å². The third-order valence-electron chi connectivity index (χ3n) is 10.9. The molecule has 0 aromatic heterocycles. The first kappa shape index (κ1) is 33.7. The Morgan fingerprint density at radius 1 is 0.479 bits per heavy atom. The fraction of sp³-hybridized carbons (Fsp3) is 0.318. The van der Waals surface area contributed by atoms with Gasteiger partial charge < -0.3 is 9.62 Å². The summed E-state index contributed by atoms with van der Waals surface area (Å²) < 4.78 is 0. The molecule has 1 aliphatic heterocycles. The molecule has 6 rings (SSSR count). The van der Waals surface area contributed by atoms with Gasteiger partial charge in [-0.25, -0.2) is 0 Å². The van der Waals surface area contributed by atoms with E-state index in [4.69, 9.17) is 0 Å². The smallest absolute Gasteiger partial charge is 0.324 e. The van der Waals surface area contributed by atoms with Gasteiger partial charge in [0.1, 0.15) is 0 Å². The van der Waals surface area contributed by atoms with E-state index in [1.807, 2.05) is 0 Å². The van der Waals surface area contributed by atoms with Crippen LogP contribution in [-0.4, -0.2) is 20.7 Å². The molecule has 244 valence electrons. The quantitative estimate of drug-likeness (QED) is 0.180. The molecule has 0 amide bonds. The molecular formula is C44H52B2N2. The lowest BCUT2D eigenvalue weighted by molar-refractivity contribution is 0.896. The molecule has 5 aromatic rings. The fourth-order valence-corrected chi connectivity index (χ4v) is 9.58. The van der Waals surface area contributed by atoms with Crippen molar-refractivity contribution in [3.8, 4) is 0 Å². The van der Waals surface area contributed by atoms with Gasteiger partial charge in [0.05, 0.1) is 0 Å². The van der Waals surface area contributed by atoms with Gasteiger partial charge in [0.25, 0.3) is 0 Å². The summed E-state index contributed by atoms with van der Waals surface area (Å²) in [5, 5.41) is 0. The van der Waals surface area contributed by atoms with Crippen LogP contribution in [0.15, 0.2) is 72.8 Å². The summed E-state index contributed by atoms with van der Waals surface area (Å²) in [6, 6.07) is 28.3. The van der Waals surface area contributed by atoms with Crippen LogP contribution in [-0.2, 0) is 0 Å². The van der Waals surface area contributed by atoms with Crippen LogP contribution < -0.4 is 26.0 Å². The Labute approximate surface area is 291 Å². The van der Waals surface area contributed by atoms with Crippen LogP contribution in [0.1, 0.15) is 78.3 Å². The predicted octanol–water partition coefficient (Wildman–Crippen LogP) is 8.63. The first-order valence-corrected chi connectivity index (χ1v) is 17.6. The highest BCUT2D eigenvalue weighted by atomic mass is 15.2. The van der Waals surface area contributed by atoms with Gasteiger partial charge in [0.2, 0.25) is 0 Å². The maximum Gasteiger partial charge on any atom is 0.324 e. The Kier molecular flexibility index (Phi) is 8.92. The summed E-state index contributed by atoms with van der Waals surface area (Å²) in [5.74, 6) is 0.0378. The van der Waals surface area contributed by atoms with Crippen molar-refractivity contribution in [3.63, 3.8) is 0 Å². The molecule has 1 unspecified atom stereocenters. The number of para-hydroxylation sites is 2. The van der Waals surface area contributed by atoms with Crippen molar-refractivity contribution in [2.45, 2.75) is 89.0 Å². The minimum absolute atomic E-state index is 0.000265. The van der Waals surface area contributed by atoms with Crippen molar-refractivity contribution < 1.29 is 0 Å². The topological polar surface area (TPSA) is 6.48 Å². The number of nitrogens with zero attached hydrogens (tertiary/aromatic N) is 2. The van der Waals surface area contributed by atoms with Gasteiger partial charge in [-0.15, -0.1) is 0 Å². The number of aryl methyl sites for hydroxylation is 12. The number of anilines is 2. The second kappa shape index (κ2) is 12.7. The second-order valence-corrected chi connectivity index (χ2v) is 15.0. The predicted molar refractivity (Wildman–Crippen MR) is 213 cm³/mol. The van der Waals surface area contributed by atoms with Crippen LogP contribution in [0.25, 0.3) is 0 Å². The van der Waals surface area contributed by atoms with Gasteiger partial charge in [-0.1, -0.05) is 116 Å². The molecule has 4 heteroatoms. The van der Waals surface area contributed by atoms with E-state index in [9.17, 15) is 0 Å². The molecule has 0 saturated carbocycles. The highest BCUT2D eigenvalue weighted by Crippen LogP contribution is 2.45. The summed E-state index contributed by atoms with van der Waals surface area (Å²) in [4.78, 5) is 5.43. The number of fused-ring (bicyclic) bond motifs is 1. The zero-order valence-corrected chi connectivity index (χ0v) is 31.6. The van der Waals surface area contributed by atoms with Crippen LogP contribution in [0.5, 0.6) is 0 Å². The molecule has 5 aromatic carbocycles. The second-order valence-electron chi connectivity index (χ2n) is 15.0. The minimum Gasteiger partial charge on any atom is -0.410 e. The Balaban J connectivity index is 1.83. The zero-order valence-electron chi connectivity index (χ0n) is 31.6. The maximum absolute atomic E-state index is 2.85. The van der Waals surface area contributed by atoms with Gasteiger partial charge >= 0.3 is 13.7 Å². The Hall–Kier alpha value is -4.17. The van der Waals surface area contributed by atoms with Crippen molar-refractivity contribution in [2.75, 3.05) is 16.7 Å². The van der Waals surface area contributed by atoms with Crippen LogP contribution in [0.3, 0.4) is 0 Å². The van der Waals surface area contributed by atoms with E-state index in [-0.39, 0.29) is 19.6 Å². The molecule has 0 bridgehead atoms. The van der Waals surface area contributed by atoms with Crippen LogP contribution >= 0.6 is 0 Å². The van der Waals surface area contributed by atoms with Crippen LogP contribution in [0.4, 0.5) is 11.4 Å². The van der Waals surface area contributed by atoms with E-state index >= 15 is 0 Å². The molecule has 0 spiro atoms. The van der Waals surface area contributed by atoms with Gasteiger partial charge in [0.15, 0.2) is 0 Å². The Morgan fingerprint density at radius 3 is 1.25 bits per heavy atom. The van der Waals surface area contributed by atoms with Crippen molar-refractivity contribution in [1.29, 1.82) is 0 Å². The maximum atomic E-state index is 2.85. The lowest BCUT2D eigenvalue weighted by Crippen LogP contribution is -2.69. The summed E-state index contributed by atoms with van der Waals surface area (Å²) in [5.41, 5.74) is 24.3. The van der Waals surface area contributed by atoms with E-state index in [2.05, 4.69) is 173 Å². The van der Waals surface area contributed by atoms with Crippen LogP contribution in [0.2, 0.25) is 0 Å². The van der Waals surface area contributed by atoms with Crippen molar-refractivity contribution >= 4 is 41.5 Å². The first-order valence-electron chi connectivity index (χ1n) is 17.6. The normalized spacial score (nSPS) is 14.4. The van der Waals surface area contributed by atoms with E-state index in [0.717, 1.165) is 0 Å². The molecule has 48 heavy (non-hydrogen) atoms. The van der Waals surface area contributed by atoms with Crippen molar-refractivity contribution in [3.05, 3.63) is 145 Å². The average Bonchev–Trinajstić information content (AvgIpc) is 2.96. The first-order chi connectivity index (χ1) is 22.7. The monoisotopic (exact) mass is 630 g/mol. The number of rotatable bonds is 5. The van der Waals surface area contributed by atoms with E-state index in [1.165, 1.54) is 100 Å². The van der Waals surface area contributed by atoms with E-state index in [1.54, 1.807) is 0 Å². The van der Waals surface area contributed by atoms with Crippen molar-refractivity contribution in [2.24, 2.45) is 0 Å².